The highest BCUT2D eigenvalue weighted by Crippen LogP contribution is 2.31. The van der Waals surface area contributed by atoms with Crippen LogP contribution in [-0.4, -0.2) is 18.8 Å². The van der Waals surface area contributed by atoms with Gasteiger partial charge in [0, 0.05) is 18.2 Å². The topological polar surface area (TPSA) is 29.5 Å². The largest absolute Gasteiger partial charge is 0.495 e. The third kappa shape index (κ3) is 2.58. The molecule has 2 nitrogen and oxygen atoms in total. The number of hydrogen-bond donors (Lipinski definition) is 1. The highest BCUT2D eigenvalue weighted by molar-refractivity contribution is 6.32. The van der Waals surface area contributed by atoms with Crippen molar-refractivity contribution in [3.8, 4) is 5.75 Å². The van der Waals surface area contributed by atoms with Gasteiger partial charge in [0.05, 0.1) is 7.11 Å². The van der Waals surface area contributed by atoms with Crippen molar-refractivity contribution in [2.75, 3.05) is 13.7 Å². The van der Waals surface area contributed by atoms with E-state index in [0.717, 1.165) is 6.07 Å². The molecule has 0 aliphatic carbocycles. The van der Waals surface area contributed by atoms with Crippen molar-refractivity contribution < 1.29 is 18.6 Å². The summed E-state index contributed by atoms with van der Waals surface area (Å²) in [7, 11) is 1.29. The molecule has 5 heteroatoms. The quantitative estimate of drug-likeness (QED) is 0.815. The van der Waals surface area contributed by atoms with Crippen LogP contribution in [0.4, 0.5) is 8.78 Å². The number of methoxy groups -OCH3 is 1. The van der Waals surface area contributed by atoms with Crippen molar-refractivity contribution in [2.45, 2.75) is 12.8 Å². The van der Waals surface area contributed by atoms with Gasteiger partial charge < -0.3 is 9.84 Å². The van der Waals surface area contributed by atoms with Crippen molar-refractivity contribution in [1.29, 1.82) is 0 Å². The van der Waals surface area contributed by atoms with E-state index in [1.54, 1.807) is 0 Å². The van der Waals surface area contributed by atoms with Crippen molar-refractivity contribution in [3.05, 3.63) is 28.3 Å². The molecule has 0 atom stereocenters. The van der Waals surface area contributed by atoms with Crippen LogP contribution < -0.4 is 4.74 Å². The molecule has 0 bridgehead atoms. The molecular weight excluding hydrogens is 226 g/mol. The van der Waals surface area contributed by atoms with E-state index in [4.69, 9.17) is 21.4 Å². The first-order chi connectivity index (χ1) is 7.11. The Morgan fingerprint density at radius 2 is 2.13 bits per heavy atom. The van der Waals surface area contributed by atoms with Crippen LogP contribution in [0, 0.1) is 11.6 Å². The van der Waals surface area contributed by atoms with E-state index in [2.05, 4.69) is 0 Å². The van der Waals surface area contributed by atoms with Gasteiger partial charge in [-0.3, -0.25) is 0 Å². The van der Waals surface area contributed by atoms with E-state index in [1.807, 2.05) is 0 Å². The minimum absolute atomic E-state index is 0.0283. The second-order valence-corrected chi connectivity index (χ2v) is 3.37. The van der Waals surface area contributed by atoms with E-state index < -0.39 is 11.6 Å². The van der Waals surface area contributed by atoms with E-state index in [1.165, 1.54) is 7.11 Å². The molecule has 0 aliphatic heterocycles. The summed E-state index contributed by atoms with van der Waals surface area (Å²) in [5.41, 5.74) is -0.116. The molecule has 15 heavy (non-hydrogen) atoms. The zero-order chi connectivity index (χ0) is 11.4. The predicted molar refractivity (Wildman–Crippen MR) is 53.3 cm³/mol. The van der Waals surface area contributed by atoms with Crippen LogP contribution in [0.25, 0.3) is 0 Å². The Hall–Kier alpha value is -0.870. The first-order valence-electron chi connectivity index (χ1n) is 4.43. The average Bonchev–Trinajstić information content (AvgIpc) is 2.23. The summed E-state index contributed by atoms with van der Waals surface area (Å²) in [6.45, 7) is -0.122. The summed E-state index contributed by atoms with van der Waals surface area (Å²) < 4.78 is 31.5. The van der Waals surface area contributed by atoms with Gasteiger partial charge in [0.2, 0.25) is 0 Å². The van der Waals surface area contributed by atoms with Crippen LogP contribution in [0.5, 0.6) is 5.75 Å². The summed E-state index contributed by atoms with van der Waals surface area (Å²) in [5.74, 6) is -1.55. The third-order valence-electron chi connectivity index (χ3n) is 2.02. The first kappa shape index (κ1) is 12.2. The van der Waals surface area contributed by atoms with Crippen LogP contribution >= 0.6 is 11.6 Å². The zero-order valence-electron chi connectivity index (χ0n) is 8.19. The minimum Gasteiger partial charge on any atom is -0.495 e. The number of halogens is 3. The molecule has 0 radical (unpaired) electrons. The fourth-order valence-corrected chi connectivity index (χ4v) is 1.49. The maximum atomic E-state index is 13.5. The second kappa shape index (κ2) is 5.28. The molecule has 0 heterocycles. The lowest BCUT2D eigenvalue weighted by molar-refractivity contribution is 0.287. The van der Waals surface area contributed by atoms with Crippen molar-refractivity contribution >= 4 is 11.6 Å². The smallest absolute Gasteiger partial charge is 0.151 e. The van der Waals surface area contributed by atoms with Gasteiger partial charge in [-0.25, -0.2) is 8.78 Å². The van der Waals surface area contributed by atoms with Gasteiger partial charge in [-0.05, 0) is 12.8 Å². The summed E-state index contributed by atoms with van der Waals surface area (Å²) in [6.07, 6.45) is 0.397. The molecule has 1 N–H and O–H groups in total. The molecule has 0 saturated heterocycles. The number of ether oxygens (including phenoxy) is 1. The average molecular weight is 237 g/mol. The van der Waals surface area contributed by atoms with Gasteiger partial charge in [0.15, 0.2) is 5.82 Å². The molecule has 0 spiro atoms. The van der Waals surface area contributed by atoms with Gasteiger partial charge in [-0.1, -0.05) is 11.6 Å². The zero-order valence-corrected chi connectivity index (χ0v) is 8.94. The van der Waals surface area contributed by atoms with E-state index in [-0.39, 0.29) is 35.8 Å². The molecule has 0 amide bonds. The van der Waals surface area contributed by atoms with Crippen LogP contribution in [0.15, 0.2) is 6.07 Å². The predicted octanol–water partition coefficient (Wildman–Crippen LogP) is 2.55. The van der Waals surface area contributed by atoms with Crippen molar-refractivity contribution in [1.82, 2.24) is 0 Å². The fraction of sp³-hybridized carbons (Fsp3) is 0.400. The third-order valence-corrected chi connectivity index (χ3v) is 2.38. The van der Waals surface area contributed by atoms with Crippen molar-refractivity contribution in [3.63, 3.8) is 0 Å². The fourth-order valence-electron chi connectivity index (χ4n) is 1.24. The standard InChI is InChI=1S/C10H11ClF2O2/c1-15-8-5-7(12)6(3-2-4-14)10(13)9(8)11/h5,14H,2-4H2,1H3. The van der Waals surface area contributed by atoms with Crippen LogP contribution in [0.3, 0.4) is 0 Å². The maximum Gasteiger partial charge on any atom is 0.151 e. The lowest BCUT2D eigenvalue weighted by atomic mass is 10.1. The van der Waals surface area contributed by atoms with Crippen LogP contribution in [0.2, 0.25) is 5.02 Å². The summed E-state index contributed by atoms with van der Waals surface area (Å²) in [6, 6.07) is 1.04. The van der Waals surface area contributed by atoms with Gasteiger partial charge in [0.1, 0.15) is 16.6 Å². The summed E-state index contributed by atoms with van der Waals surface area (Å²) >= 11 is 5.62. The molecular formula is C10H11ClF2O2. The summed E-state index contributed by atoms with van der Waals surface area (Å²) in [5, 5.41) is 8.35. The molecule has 0 aromatic heterocycles. The highest BCUT2D eigenvalue weighted by atomic mass is 35.5. The first-order valence-corrected chi connectivity index (χ1v) is 4.80. The lowest BCUT2D eigenvalue weighted by Gasteiger charge is -2.09. The molecule has 0 saturated carbocycles. The Morgan fingerprint density at radius 3 is 2.67 bits per heavy atom. The highest BCUT2D eigenvalue weighted by Gasteiger charge is 2.17. The molecule has 1 aromatic carbocycles. The van der Waals surface area contributed by atoms with Crippen LogP contribution in [0.1, 0.15) is 12.0 Å². The lowest BCUT2D eigenvalue weighted by Crippen LogP contribution is -2.00. The van der Waals surface area contributed by atoms with E-state index >= 15 is 0 Å². The number of hydrogen-bond acceptors (Lipinski definition) is 2. The van der Waals surface area contributed by atoms with Crippen LogP contribution in [-0.2, 0) is 6.42 Å². The number of aliphatic hydroxyl groups is 1. The Bertz CT molecular complexity index is 356. The summed E-state index contributed by atoms with van der Waals surface area (Å²) in [4.78, 5) is 0. The Morgan fingerprint density at radius 1 is 1.47 bits per heavy atom. The molecule has 0 unspecified atom stereocenters. The SMILES string of the molecule is COc1cc(F)c(CCCO)c(F)c1Cl. The molecule has 1 aromatic rings. The molecule has 0 fully saturated rings. The van der Waals surface area contributed by atoms with Gasteiger partial charge >= 0.3 is 0 Å². The van der Waals surface area contributed by atoms with Crippen molar-refractivity contribution in [2.24, 2.45) is 0 Å². The normalized spacial score (nSPS) is 10.5. The number of rotatable bonds is 4. The Kier molecular flexibility index (Phi) is 4.29. The molecule has 1 rings (SSSR count). The van der Waals surface area contributed by atoms with Gasteiger partial charge in [0.25, 0.3) is 0 Å². The Balaban J connectivity index is 3.11. The minimum atomic E-state index is -0.818. The number of benzene rings is 1. The van der Waals surface area contributed by atoms with E-state index in [0.29, 0.717) is 0 Å². The maximum absolute atomic E-state index is 13.5. The second-order valence-electron chi connectivity index (χ2n) is 2.99. The monoisotopic (exact) mass is 236 g/mol. The molecule has 84 valence electrons. The van der Waals surface area contributed by atoms with Gasteiger partial charge in [-0.2, -0.15) is 0 Å². The Labute approximate surface area is 91.4 Å². The molecule has 0 aliphatic rings. The number of aliphatic hydroxyl groups excluding tert-OH is 1. The van der Waals surface area contributed by atoms with Gasteiger partial charge in [-0.15, -0.1) is 0 Å². The van der Waals surface area contributed by atoms with E-state index in [9.17, 15) is 8.78 Å².